The van der Waals surface area contributed by atoms with Crippen molar-refractivity contribution >= 4 is 11.8 Å². The molecule has 98 valence electrons. The van der Waals surface area contributed by atoms with Crippen molar-refractivity contribution in [1.29, 1.82) is 0 Å². The van der Waals surface area contributed by atoms with Gasteiger partial charge in [-0.15, -0.1) is 0 Å². The van der Waals surface area contributed by atoms with Gasteiger partial charge in [0.15, 0.2) is 5.79 Å². The number of rotatable bonds is 2. The summed E-state index contributed by atoms with van der Waals surface area (Å²) in [5, 5.41) is 7.53. The number of fused-ring (bicyclic) bond motifs is 1. The lowest BCUT2D eigenvalue weighted by Crippen LogP contribution is -2.39. The van der Waals surface area contributed by atoms with Crippen LogP contribution in [0.15, 0.2) is 10.2 Å². The summed E-state index contributed by atoms with van der Waals surface area (Å²) in [6.45, 7) is 3.60. The Labute approximate surface area is 108 Å². The van der Waals surface area contributed by atoms with Crippen LogP contribution in [0.2, 0.25) is 0 Å². The molecule has 0 aromatic carbocycles. The number of thioether (sulfide) groups is 1. The summed E-state index contributed by atoms with van der Waals surface area (Å²) in [5.74, 6) is 0.536. The van der Waals surface area contributed by atoms with Crippen molar-refractivity contribution in [2.75, 3.05) is 11.5 Å². The van der Waals surface area contributed by atoms with Crippen LogP contribution in [0, 0.1) is 0 Å². The van der Waals surface area contributed by atoms with Gasteiger partial charge >= 0.3 is 0 Å². The third kappa shape index (κ3) is 2.66. The molecule has 2 fully saturated rings. The maximum Gasteiger partial charge on any atom is 0.163 e. The van der Waals surface area contributed by atoms with Crippen molar-refractivity contribution in [3.63, 3.8) is 0 Å². The van der Waals surface area contributed by atoms with E-state index in [2.05, 4.69) is 20.1 Å². The molecule has 2 rings (SSSR count). The van der Waals surface area contributed by atoms with Crippen LogP contribution in [0.3, 0.4) is 0 Å². The van der Waals surface area contributed by atoms with Gasteiger partial charge in [-0.25, -0.2) is 0 Å². The Kier molecular flexibility index (Phi) is 3.89. The maximum absolute atomic E-state index is 8.60. The largest absolute Gasteiger partial charge is 0.344 e. The zero-order valence-corrected chi connectivity index (χ0v) is 10.9. The first-order valence-electron chi connectivity index (χ1n) is 5.59. The lowest BCUT2D eigenvalue weighted by molar-refractivity contribution is -0.148. The molecule has 9 heteroatoms. The highest BCUT2D eigenvalue weighted by molar-refractivity contribution is 7.99. The molecule has 8 nitrogen and oxygen atoms in total. The van der Waals surface area contributed by atoms with E-state index in [4.69, 9.17) is 20.5 Å². The molecule has 0 N–H and O–H groups in total. The van der Waals surface area contributed by atoms with E-state index in [-0.39, 0.29) is 24.3 Å². The van der Waals surface area contributed by atoms with E-state index in [0.29, 0.717) is 11.5 Å². The van der Waals surface area contributed by atoms with Gasteiger partial charge in [-0.05, 0) is 24.9 Å². The molecule has 0 bridgehead atoms. The van der Waals surface area contributed by atoms with Gasteiger partial charge in [0.05, 0.1) is 24.3 Å². The van der Waals surface area contributed by atoms with Crippen LogP contribution in [0.1, 0.15) is 13.8 Å². The number of hydrogen-bond donors (Lipinski definition) is 0. The van der Waals surface area contributed by atoms with Crippen molar-refractivity contribution in [3.05, 3.63) is 20.9 Å². The third-order valence-electron chi connectivity index (χ3n) is 2.90. The zero-order chi connectivity index (χ0) is 13.2. The van der Waals surface area contributed by atoms with Gasteiger partial charge in [0.25, 0.3) is 0 Å². The number of hydrogen-bond acceptors (Lipinski definition) is 5. The van der Waals surface area contributed by atoms with E-state index in [1.54, 1.807) is 25.6 Å². The summed E-state index contributed by atoms with van der Waals surface area (Å²) in [6.07, 6.45) is -0.720. The van der Waals surface area contributed by atoms with E-state index >= 15 is 0 Å². The molecule has 2 aliphatic heterocycles. The fraction of sp³-hybridized carbons (Fsp3) is 1.00. The minimum atomic E-state index is -0.746. The Hall–Kier alpha value is -1.11. The molecule has 18 heavy (non-hydrogen) atoms. The van der Waals surface area contributed by atoms with Crippen LogP contribution in [-0.2, 0) is 9.47 Å². The SMILES string of the molecule is CC1(C)O[C@H]2[C@H](O1)[C@@H](N=[N+]=[N-])CSC[C@@H]2N=[N+]=[N-]. The van der Waals surface area contributed by atoms with Crippen LogP contribution in [0.5, 0.6) is 0 Å². The first kappa shape index (κ1) is 13.3. The monoisotopic (exact) mass is 270 g/mol. The van der Waals surface area contributed by atoms with Gasteiger partial charge in [0.2, 0.25) is 0 Å². The van der Waals surface area contributed by atoms with Gasteiger partial charge in [0, 0.05) is 21.3 Å². The van der Waals surface area contributed by atoms with E-state index in [1.165, 1.54) is 0 Å². The van der Waals surface area contributed by atoms with E-state index in [1.807, 2.05) is 0 Å². The molecular formula is C9H14N6O2S. The predicted molar refractivity (Wildman–Crippen MR) is 67.0 cm³/mol. The Morgan fingerprint density at radius 3 is 1.89 bits per heavy atom. The molecule has 2 heterocycles. The standard InChI is InChI=1S/C9H14N6O2S/c1-9(2)16-7-5(12-14-10)3-18-4-6(13-15-11)8(7)17-9/h5-8H,3-4H2,1-2H3/t5-,6-,7+,8+/m0/s1. The average Bonchev–Trinajstić information content (AvgIpc) is 2.55. The molecule has 0 aromatic rings. The van der Waals surface area contributed by atoms with Crippen LogP contribution in [0.4, 0.5) is 0 Å². The molecular weight excluding hydrogens is 256 g/mol. The Balaban J connectivity index is 2.29. The van der Waals surface area contributed by atoms with Crippen molar-refractivity contribution in [1.82, 2.24) is 0 Å². The van der Waals surface area contributed by atoms with Crippen LogP contribution >= 0.6 is 11.8 Å². The van der Waals surface area contributed by atoms with Crippen LogP contribution in [0.25, 0.3) is 20.9 Å². The van der Waals surface area contributed by atoms with Gasteiger partial charge in [-0.3, -0.25) is 0 Å². The average molecular weight is 270 g/mol. The summed E-state index contributed by atoms with van der Waals surface area (Å²) < 4.78 is 11.6. The number of azide groups is 2. The van der Waals surface area contributed by atoms with Gasteiger partial charge in [-0.2, -0.15) is 11.8 Å². The molecule has 2 aliphatic rings. The summed E-state index contributed by atoms with van der Waals surface area (Å²) >= 11 is 1.58. The highest BCUT2D eigenvalue weighted by Crippen LogP contribution is 2.37. The van der Waals surface area contributed by atoms with Crippen molar-refractivity contribution < 1.29 is 9.47 Å². The fourth-order valence-corrected chi connectivity index (χ4v) is 3.37. The summed E-state index contributed by atoms with van der Waals surface area (Å²) in [6, 6.07) is -0.601. The third-order valence-corrected chi connectivity index (χ3v) is 4.05. The normalized spacial score (nSPS) is 37.9. The quantitative estimate of drug-likeness (QED) is 0.436. The van der Waals surface area contributed by atoms with E-state index < -0.39 is 5.79 Å². The lowest BCUT2D eigenvalue weighted by atomic mass is 10.0. The smallest absolute Gasteiger partial charge is 0.163 e. The molecule has 0 spiro atoms. The van der Waals surface area contributed by atoms with Crippen molar-refractivity contribution in [3.8, 4) is 0 Å². The second-order valence-electron chi connectivity index (χ2n) is 4.65. The first-order valence-corrected chi connectivity index (χ1v) is 6.74. The first-order chi connectivity index (χ1) is 8.57. The molecule has 0 amide bonds. The number of nitrogens with zero attached hydrogens (tertiary/aromatic N) is 6. The highest BCUT2D eigenvalue weighted by Gasteiger charge is 2.49. The zero-order valence-electron chi connectivity index (χ0n) is 10.1. The lowest BCUT2D eigenvalue weighted by Gasteiger charge is -2.21. The minimum Gasteiger partial charge on any atom is -0.344 e. The summed E-state index contributed by atoms with van der Waals surface area (Å²) in [5.41, 5.74) is 17.2. The second kappa shape index (κ2) is 5.26. The van der Waals surface area contributed by atoms with Crippen LogP contribution in [-0.4, -0.2) is 41.6 Å². The second-order valence-corrected chi connectivity index (χ2v) is 5.72. The van der Waals surface area contributed by atoms with Gasteiger partial charge < -0.3 is 9.47 Å². The molecule has 0 unspecified atom stereocenters. The van der Waals surface area contributed by atoms with Crippen molar-refractivity contribution in [2.45, 2.75) is 43.9 Å². The Morgan fingerprint density at radius 1 is 1.06 bits per heavy atom. The van der Waals surface area contributed by atoms with Crippen LogP contribution < -0.4 is 0 Å². The Bertz CT molecular complexity index is 381. The maximum atomic E-state index is 8.60. The molecule has 0 saturated carbocycles. The summed E-state index contributed by atoms with van der Waals surface area (Å²) in [7, 11) is 0. The molecule has 2 saturated heterocycles. The molecule has 0 aliphatic carbocycles. The number of ether oxygens (including phenoxy) is 2. The molecule has 0 radical (unpaired) electrons. The van der Waals surface area contributed by atoms with E-state index in [9.17, 15) is 0 Å². The Morgan fingerprint density at radius 2 is 1.50 bits per heavy atom. The van der Waals surface area contributed by atoms with Crippen molar-refractivity contribution in [2.24, 2.45) is 10.2 Å². The fourth-order valence-electron chi connectivity index (χ4n) is 2.24. The van der Waals surface area contributed by atoms with Gasteiger partial charge in [0.1, 0.15) is 0 Å². The van der Waals surface area contributed by atoms with E-state index in [0.717, 1.165) is 0 Å². The molecule has 0 aromatic heterocycles. The van der Waals surface area contributed by atoms with Gasteiger partial charge in [-0.1, -0.05) is 10.2 Å². The minimum absolute atomic E-state index is 0.300. The predicted octanol–water partition coefficient (Wildman–Crippen LogP) is 2.61. The summed E-state index contributed by atoms with van der Waals surface area (Å²) in [4.78, 5) is 5.71. The molecule has 4 atom stereocenters. The highest BCUT2D eigenvalue weighted by atomic mass is 32.2. The topological polar surface area (TPSA) is 116 Å².